The highest BCUT2D eigenvalue weighted by molar-refractivity contribution is 5.63. The SMILES string of the molecule is Cc1cc(NCC2(C)CCCO2)c([N+](=O)[O-])cc1F. The summed E-state index contributed by atoms with van der Waals surface area (Å²) in [6.45, 7) is 4.73. The summed E-state index contributed by atoms with van der Waals surface area (Å²) in [6, 6.07) is 2.42. The summed E-state index contributed by atoms with van der Waals surface area (Å²) in [6.07, 6.45) is 1.90. The third-order valence-electron chi connectivity index (χ3n) is 3.43. The Bertz CT molecular complexity index is 499. The Balaban J connectivity index is 2.19. The minimum absolute atomic E-state index is 0.246. The van der Waals surface area contributed by atoms with E-state index in [1.807, 2.05) is 6.92 Å². The molecule has 1 fully saturated rings. The summed E-state index contributed by atoms with van der Waals surface area (Å²) < 4.78 is 19.0. The average Bonchev–Trinajstić information content (AvgIpc) is 2.77. The maximum absolute atomic E-state index is 13.4. The molecule has 5 nitrogen and oxygen atoms in total. The number of nitro groups is 1. The highest BCUT2D eigenvalue weighted by Crippen LogP contribution is 2.30. The van der Waals surface area contributed by atoms with E-state index in [4.69, 9.17) is 4.74 Å². The molecule has 1 unspecified atom stereocenters. The van der Waals surface area contributed by atoms with Crippen LogP contribution in [0.2, 0.25) is 0 Å². The summed E-state index contributed by atoms with van der Waals surface area (Å²) in [7, 11) is 0. The van der Waals surface area contributed by atoms with Crippen molar-refractivity contribution in [2.24, 2.45) is 0 Å². The zero-order chi connectivity index (χ0) is 14.0. The molecule has 1 atom stereocenters. The highest BCUT2D eigenvalue weighted by Gasteiger charge is 2.30. The van der Waals surface area contributed by atoms with Crippen molar-refractivity contribution in [3.05, 3.63) is 33.6 Å². The third-order valence-corrected chi connectivity index (χ3v) is 3.43. The van der Waals surface area contributed by atoms with Crippen LogP contribution in [-0.2, 0) is 4.74 Å². The summed E-state index contributed by atoms with van der Waals surface area (Å²) in [5, 5.41) is 13.9. The average molecular weight is 268 g/mol. The van der Waals surface area contributed by atoms with E-state index >= 15 is 0 Å². The Hall–Kier alpha value is -1.69. The first kappa shape index (κ1) is 13.7. The molecular weight excluding hydrogens is 251 g/mol. The van der Waals surface area contributed by atoms with E-state index in [9.17, 15) is 14.5 Å². The van der Waals surface area contributed by atoms with E-state index < -0.39 is 10.7 Å². The van der Waals surface area contributed by atoms with Crippen molar-refractivity contribution in [3.63, 3.8) is 0 Å². The Morgan fingerprint density at radius 2 is 2.32 bits per heavy atom. The van der Waals surface area contributed by atoms with Gasteiger partial charge in [-0.3, -0.25) is 10.1 Å². The maximum atomic E-state index is 13.4. The number of hydrogen-bond acceptors (Lipinski definition) is 4. The molecule has 0 amide bonds. The van der Waals surface area contributed by atoms with Crippen LogP contribution in [0, 0.1) is 22.9 Å². The smallest absolute Gasteiger partial charge is 0.295 e. The molecule has 0 bridgehead atoms. The molecule has 1 aliphatic rings. The zero-order valence-corrected chi connectivity index (χ0v) is 11.0. The van der Waals surface area contributed by atoms with Crippen LogP contribution in [0.15, 0.2) is 12.1 Å². The highest BCUT2D eigenvalue weighted by atomic mass is 19.1. The molecule has 0 saturated carbocycles. The number of nitrogens with zero attached hydrogens (tertiary/aromatic N) is 1. The van der Waals surface area contributed by atoms with Crippen molar-refractivity contribution in [1.29, 1.82) is 0 Å². The van der Waals surface area contributed by atoms with Crippen molar-refractivity contribution in [3.8, 4) is 0 Å². The molecule has 1 aromatic carbocycles. The predicted molar refractivity (Wildman–Crippen MR) is 69.9 cm³/mol. The Kier molecular flexibility index (Phi) is 3.71. The molecule has 2 rings (SSSR count). The van der Waals surface area contributed by atoms with Gasteiger partial charge in [-0.25, -0.2) is 4.39 Å². The van der Waals surface area contributed by atoms with Gasteiger partial charge in [0.05, 0.1) is 16.6 Å². The largest absolute Gasteiger partial charge is 0.377 e. The van der Waals surface area contributed by atoms with Crippen LogP contribution in [0.3, 0.4) is 0 Å². The third kappa shape index (κ3) is 3.01. The quantitative estimate of drug-likeness (QED) is 0.673. The van der Waals surface area contributed by atoms with Gasteiger partial charge in [0.15, 0.2) is 0 Å². The molecule has 1 saturated heterocycles. The fourth-order valence-electron chi connectivity index (χ4n) is 2.22. The number of aryl methyl sites for hydroxylation is 1. The van der Waals surface area contributed by atoms with E-state index in [-0.39, 0.29) is 11.3 Å². The monoisotopic (exact) mass is 268 g/mol. The lowest BCUT2D eigenvalue weighted by atomic mass is 10.0. The van der Waals surface area contributed by atoms with Gasteiger partial charge in [0.25, 0.3) is 5.69 Å². The van der Waals surface area contributed by atoms with Gasteiger partial charge >= 0.3 is 0 Å². The summed E-state index contributed by atoms with van der Waals surface area (Å²) in [4.78, 5) is 10.3. The Morgan fingerprint density at radius 3 is 2.89 bits per heavy atom. The number of ether oxygens (including phenoxy) is 1. The van der Waals surface area contributed by atoms with Gasteiger partial charge in [-0.05, 0) is 38.3 Å². The van der Waals surface area contributed by atoms with Crippen molar-refractivity contribution >= 4 is 11.4 Å². The molecule has 1 aliphatic heterocycles. The second kappa shape index (κ2) is 5.13. The van der Waals surface area contributed by atoms with Crippen molar-refractivity contribution in [2.45, 2.75) is 32.3 Å². The van der Waals surface area contributed by atoms with Crippen LogP contribution in [0.1, 0.15) is 25.3 Å². The van der Waals surface area contributed by atoms with Crippen LogP contribution >= 0.6 is 0 Å². The molecule has 19 heavy (non-hydrogen) atoms. The zero-order valence-electron chi connectivity index (χ0n) is 11.0. The van der Waals surface area contributed by atoms with E-state index in [1.165, 1.54) is 6.07 Å². The number of benzene rings is 1. The number of nitro benzene ring substituents is 1. The Morgan fingerprint density at radius 1 is 1.58 bits per heavy atom. The second-order valence-corrected chi connectivity index (χ2v) is 5.13. The first-order valence-corrected chi connectivity index (χ1v) is 6.24. The topological polar surface area (TPSA) is 64.4 Å². The van der Waals surface area contributed by atoms with Crippen LogP contribution in [-0.4, -0.2) is 23.7 Å². The molecule has 1 N–H and O–H groups in total. The van der Waals surface area contributed by atoms with Gasteiger partial charge in [0.2, 0.25) is 0 Å². The van der Waals surface area contributed by atoms with E-state index in [0.29, 0.717) is 24.4 Å². The molecular formula is C13H17FN2O3. The number of anilines is 1. The minimum atomic E-state index is -0.581. The van der Waals surface area contributed by atoms with Crippen LogP contribution in [0.5, 0.6) is 0 Å². The number of hydrogen-bond donors (Lipinski definition) is 1. The normalized spacial score (nSPS) is 22.5. The molecule has 104 valence electrons. The molecule has 0 spiro atoms. The first-order valence-electron chi connectivity index (χ1n) is 6.24. The van der Waals surface area contributed by atoms with Gasteiger partial charge in [0, 0.05) is 13.2 Å². The van der Waals surface area contributed by atoms with Gasteiger partial charge < -0.3 is 10.1 Å². The standard InChI is InChI=1S/C13H17FN2O3/c1-9-6-11(12(16(17)18)7-10(9)14)15-8-13(2)4-3-5-19-13/h6-7,15H,3-5,8H2,1-2H3. The maximum Gasteiger partial charge on any atom is 0.295 e. The summed E-state index contributed by atoms with van der Waals surface area (Å²) >= 11 is 0. The molecule has 0 aliphatic carbocycles. The fraction of sp³-hybridized carbons (Fsp3) is 0.538. The van der Waals surface area contributed by atoms with Gasteiger partial charge in [0.1, 0.15) is 11.5 Å². The molecule has 0 aromatic heterocycles. The second-order valence-electron chi connectivity index (χ2n) is 5.13. The Labute approximate surface area is 110 Å². The fourth-order valence-corrected chi connectivity index (χ4v) is 2.22. The van der Waals surface area contributed by atoms with Gasteiger partial charge in [-0.1, -0.05) is 0 Å². The van der Waals surface area contributed by atoms with E-state index in [2.05, 4.69) is 5.32 Å². The lowest BCUT2D eigenvalue weighted by Gasteiger charge is -2.24. The van der Waals surface area contributed by atoms with Crippen molar-refractivity contribution in [1.82, 2.24) is 0 Å². The lowest BCUT2D eigenvalue weighted by molar-refractivity contribution is -0.384. The molecule has 0 radical (unpaired) electrons. The van der Waals surface area contributed by atoms with Crippen molar-refractivity contribution < 1.29 is 14.1 Å². The van der Waals surface area contributed by atoms with E-state index in [1.54, 1.807) is 6.92 Å². The van der Waals surface area contributed by atoms with Crippen LogP contribution < -0.4 is 5.32 Å². The van der Waals surface area contributed by atoms with E-state index in [0.717, 1.165) is 18.9 Å². The van der Waals surface area contributed by atoms with Crippen molar-refractivity contribution in [2.75, 3.05) is 18.5 Å². The number of rotatable bonds is 4. The summed E-state index contributed by atoms with van der Waals surface area (Å²) in [5.41, 5.74) is 0.159. The molecule has 1 heterocycles. The number of halogens is 1. The first-order chi connectivity index (χ1) is 8.91. The van der Waals surface area contributed by atoms with Gasteiger partial charge in [-0.2, -0.15) is 0 Å². The summed E-state index contributed by atoms with van der Waals surface area (Å²) in [5.74, 6) is -0.569. The number of nitrogens with one attached hydrogen (secondary N) is 1. The predicted octanol–water partition coefficient (Wildman–Crippen LogP) is 3.02. The van der Waals surface area contributed by atoms with Crippen LogP contribution in [0.4, 0.5) is 15.8 Å². The molecule has 1 aromatic rings. The lowest BCUT2D eigenvalue weighted by Crippen LogP contribution is -2.32. The molecule has 6 heteroatoms. The van der Waals surface area contributed by atoms with Gasteiger partial charge in [-0.15, -0.1) is 0 Å². The van der Waals surface area contributed by atoms with Crippen LogP contribution in [0.25, 0.3) is 0 Å². The minimum Gasteiger partial charge on any atom is -0.377 e.